The van der Waals surface area contributed by atoms with Gasteiger partial charge in [0.15, 0.2) is 5.11 Å². The predicted octanol–water partition coefficient (Wildman–Crippen LogP) is 3.92. The Labute approximate surface area is 162 Å². The molecule has 0 bridgehead atoms. The van der Waals surface area contributed by atoms with Crippen LogP contribution in [0, 0.1) is 0 Å². The molecule has 1 saturated heterocycles. The minimum absolute atomic E-state index is 0.568. The van der Waals surface area contributed by atoms with Crippen LogP contribution in [0.4, 0.5) is 11.4 Å². The number of aromatic nitrogens is 1. The zero-order valence-electron chi connectivity index (χ0n) is 13.7. The number of piperazine rings is 1. The minimum atomic E-state index is 0.568. The summed E-state index contributed by atoms with van der Waals surface area (Å²) >= 11 is 18.0. The number of methoxy groups -OCH3 is 1. The van der Waals surface area contributed by atoms with Crippen molar-refractivity contribution >= 4 is 51.9 Å². The fraction of sp³-hybridized carbons (Fsp3) is 0.294. The highest BCUT2D eigenvalue weighted by molar-refractivity contribution is 7.80. The standard InChI is InChI=1S/C17H18Cl2N4OS/c1-24-13-4-2-3-12(9-13)21-17(25)23-7-5-22(6-8-23)16-14(18)10-20-11-15(16)19/h2-4,9-11H,5-8H2,1H3,(H,21,25). The highest BCUT2D eigenvalue weighted by Gasteiger charge is 2.22. The molecule has 1 aliphatic rings. The number of benzene rings is 1. The Kier molecular flexibility index (Phi) is 5.83. The summed E-state index contributed by atoms with van der Waals surface area (Å²) in [6.45, 7) is 3.13. The maximum atomic E-state index is 6.25. The Morgan fingerprint density at radius 3 is 2.48 bits per heavy atom. The molecule has 8 heteroatoms. The third-order valence-corrected chi connectivity index (χ3v) is 4.95. The van der Waals surface area contributed by atoms with Gasteiger partial charge in [-0.25, -0.2) is 0 Å². The zero-order chi connectivity index (χ0) is 17.8. The van der Waals surface area contributed by atoms with Crippen molar-refractivity contribution in [3.05, 3.63) is 46.7 Å². The van der Waals surface area contributed by atoms with Crippen LogP contribution in [0.25, 0.3) is 0 Å². The first-order valence-corrected chi connectivity index (χ1v) is 8.99. The van der Waals surface area contributed by atoms with E-state index >= 15 is 0 Å². The molecule has 0 saturated carbocycles. The Morgan fingerprint density at radius 2 is 1.84 bits per heavy atom. The molecule has 0 unspecified atom stereocenters. The van der Waals surface area contributed by atoms with Gasteiger partial charge in [0.25, 0.3) is 0 Å². The van der Waals surface area contributed by atoms with Crippen LogP contribution >= 0.6 is 35.4 Å². The molecule has 0 radical (unpaired) electrons. The van der Waals surface area contributed by atoms with Gasteiger partial charge in [-0.05, 0) is 24.4 Å². The van der Waals surface area contributed by atoms with Crippen LogP contribution < -0.4 is 15.0 Å². The molecule has 0 atom stereocenters. The van der Waals surface area contributed by atoms with Crippen LogP contribution in [-0.2, 0) is 0 Å². The summed E-state index contributed by atoms with van der Waals surface area (Å²) in [5, 5.41) is 5.09. The van der Waals surface area contributed by atoms with Gasteiger partial charge in [0, 0.05) is 50.3 Å². The van der Waals surface area contributed by atoms with Gasteiger partial charge in [-0.3, -0.25) is 4.98 Å². The maximum absolute atomic E-state index is 6.25. The molecule has 1 N–H and O–H groups in total. The van der Waals surface area contributed by atoms with Gasteiger partial charge in [-0.1, -0.05) is 29.3 Å². The molecule has 3 rings (SSSR count). The first-order valence-electron chi connectivity index (χ1n) is 7.82. The number of hydrogen-bond acceptors (Lipinski definition) is 4. The van der Waals surface area contributed by atoms with Crippen LogP contribution in [0.15, 0.2) is 36.7 Å². The SMILES string of the molecule is COc1cccc(NC(=S)N2CCN(c3c(Cl)cncc3Cl)CC2)c1. The van der Waals surface area contributed by atoms with Crippen molar-refractivity contribution in [3.8, 4) is 5.75 Å². The van der Waals surface area contributed by atoms with E-state index in [1.54, 1.807) is 19.5 Å². The van der Waals surface area contributed by atoms with Crippen molar-refractivity contribution in [2.24, 2.45) is 0 Å². The summed E-state index contributed by atoms with van der Waals surface area (Å²) in [5.74, 6) is 0.791. The summed E-state index contributed by atoms with van der Waals surface area (Å²) in [4.78, 5) is 8.30. The van der Waals surface area contributed by atoms with E-state index in [4.69, 9.17) is 40.2 Å². The van der Waals surface area contributed by atoms with Crippen molar-refractivity contribution < 1.29 is 4.74 Å². The number of nitrogens with one attached hydrogen (secondary N) is 1. The van der Waals surface area contributed by atoms with E-state index in [1.807, 2.05) is 24.3 Å². The van der Waals surface area contributed by atoms with Crippen molar-refractivity contribution in [1.82, 2.24) is 9.88 Å². The van der Waals surface area contributed by atoms with E-state index in [0.29, 0.717) is 15.2 Å². The summed E-state index contributed by atoms with van der Waals surface area (Å²) in [6, 6.07) is 7.70. The van der Waals surface area contributed by atoms with Gasteiger partial charge in [0.05, 0.1) is 22.8 Å². The molecule has 2 aromatic rings. The molecule has 1 fully saturated rings. The molecule has 132 valence electrons. The second kappa shape index (κ2) is 8.08. The van der Waals surface area contributed by atoms with E-state index in [-0.39, 0.29) is 0 Å². The lowest BCUT2D eigenvalue weighted by molar-refractivity contribution is 0.391. The molecule has 1 aromatic heterocycles. The first kappa shape index (κ1) is 18.0. The average Bonchev–Trinajstić information content (AvgIpc) is 2.62. The van der Waals surface area contributed by atoms with Crippen molar-refractivity contribution in [2.45, 2.75) is 0 Å². The number of rotatable bonds is 3. The fourth-order valence-electron chi connectivity index (χ4n) is 2.74. The smallest absolute Gasteiger partial charge is 0.173 e. The molecule has 0 aliphatic carbocycles. The minimum Gasteiger partial charge on any atom is -0.497 e. The van der Waals surface area contributed by atoms with Crippen LogP contribution in [-0.4, -0.2) is 48.3 Å². The Hall–Kier alpha value is -1.76. The molecule has 0 spiro atoms. The van der Waals surface area contributed by atoms with Gasteiger partial charge in [0.2, 0.25) is 0 Å². The molecule has 2 heterocycles. The quantitative estimate of drug-likeness (QED) is 0.792. The Balaban J connectivity index is 1.61. The van der Waals surface area contributed by atoms with E-state index in [2.05, 4.69) is 20.1 Å². The lowest BCUT2D eigenvalue weighted by atomic mass is 10.2. The van der Waals surface area contributed by atoms with Gasteiger partial charge >= 0.3 is 0 Å². The second-order valence-corrected chi connectivity index (χ2v) is 6.79. The molecule has 1 aromatic carbocycles. The molecular formula is C17H18Cl2N4OS. The van der Waals surface area contributed by atoms with Crippen LogP contribution in [0.3, 0.4) is 0 Å². The third kappa shape index (κ3) is 4.26. The van der Waals surface area contributed by atoms with Crippen LogP contribution in [0.2, 0.25) is 10.0 Å². The largest absolute Gasteiger partial charge is 0.497 e. The second-order valence-electron chi connectivity index (χ2n) is 5.59. The van der Waals surface area contributed by atoms with E-state index in [1.165, 1.54) is 0 Å². The first-order chi connectivity index (χ1) is 12.1. The van der Waals surface area contributed by atoms with Gasteiger partial charge in [0.1, 0.15) is 5.75 Å². The monoisotopic (exact) mass is 396 g/mol. The topological polar surface area (TPSA) is 40.6 Å². The van der Waals surface area contributed by atoms with Crippen LogP contribution in [0.1, 0.15) is 0 Å². The lowest BCUT2D eigenvalue weighted by Gasteiger charge is -2.38. The number of nitrogens with zero attached hydrogens (tertiary/aromatic N) is 3. The third-order valence-electron chi connectivity index (χ3n) is 4.03. The molecule has 1 aliphatic heterocycles. The highest BCUT2D eigenvalue weighted by Crippen LogP contribution is 2.33. The number of halogens is 2. The summed E-state index contributed by atoms with van der Waals surface area (Å²) in [6.07, 6.45) is 3.23. The van der Waals surface area contributed by atoms with E-state index < -0.39 is 0 Å². The number of thiocarbonyl (C=S) groups is 1. The summed E-state index contributed by atoms with van der Waals surface area (Å²) in [7, 11) is 1.64. The maximum Gasteiger partial charge on any atom is 0.173 e. The Morgan fingerprint density at radius 1 is 1.16 bits per heavy atom. The zero-order valence-corrected chi connectivity index (χ0v) is 16.0. The van der Waals surface area contributed by atoms with E-state index in [9.17, 15) is 0 Å². The number of pyridine rings is 1. The number of ether oxygens (including phenoxy) is 1. The highest BCUT2D eigenvalue weighted by atomic mass is 35.5. The van der Waals surface area contributed by atoms with Gasteiger partial charge in [-0.2, -0.15) is 0 Å². The molecular weight excluding hydrogens is 379 g/mol. The van der Waals surface area contributed by atoms with Crippen molar-refractivity contribution in [1.29, 1.82) is 0 Å². The Bertz CT molecular complexity index is 746. The number of hydrogen-bond donors (Lipinski definition) is 1. The fourth-order valence-corrected chi connectivity index (χ4v) is 3.65. The molecule has 0 amide bonds. The van der Waals surface area contributed by atoms with Gasteiger partial charge in [-0.15, -0.1) is 0 Å². The summed E-state index contributed by atoms with van der Waals surface area (Å²) in [5.41, 5.74) is 1.75. The predicted molar refractivity (Wildman–Crippen MR) is 107 cm³/mol. The number of anilines is 2. The van der Waals surface area contributed by atoms with Crippen LogP contribution in [0.5, 0.6) is 5.75 Å². The van der Waals surface area contributed by atoms with Crippen molar-refractivity contribution in [2.75, 3.05) is 43.5 Å². The van der Waals surface area contributed by atoms with E-state index in [0.717, 1.165) is 43.3 Å². The molecule has 5 nitrogen and oxygen atoms in total. The molecule has 25 heavy (non-hydrogen) atoms. The van der Waals surface area contributed by atoms with Crippen molar-refractivity contribution in [3.63, 3.8) is 0 Å². The average molecular weight is 397 g/mol. The lowest BCUT2D eigenvalue weighted by Crippen LogP contribution is -2.50. The normalized spacial score (nSPS) is 14.4. The summed E-state index contributed by atoms with van der Waals surface area (Å²) < 4.78 is 5.23. The van der Waals surface area contributed by atoms with Gasteiger partial charge < -0.3 is 19.9 Å².